The van der Waals surface area contributed by atoms with E-state index in [9.17, 15) is 0 Å². The molecule has 1 heterocycles. The predicted octanol–water partition coefficient (Wildman–Crippen LogP) is 1.66. The molecule has 1 aromatic heterocycles. The van der Waals surface area contributed by atoms with Crippen LogP contribution in [0.4, 0.5) is 11.6 Å². The van der Waals surface area contributed by atoms with Crippen molar-refractivity contribution in [2.24, 2.45) is 5.92 Å². The van der Waals surface area contributed by atoms with E-state index in [-0.39, 0.29) is 0 Å². The summed E-state index contributed by atoms with van der Waals surface area (Å²) in [5, 5.41) is 3.30. The second kappa shape index (κ2) is 3.82. The summed E-state index contributed by atoms with van der Waals surface area (Å²) in [5.41, 5.74) is 6.10. The van der Waals surface area contributed by atoms with Gasteiger partial charge in [0, 0.05) is 6.04 Å². The maximum atomic E-state index is 5.50. The number of rotatable bonds is 4. The van der Waals surface area contributed by atoms with Crippen LogP contribution in [0.25, 0.3) is 0 Å². The van der Waals surface area contributed by atoms with Crippen LogP contribution in [-0.2, 0) is 0 Å². The molecule has 1 aliphatic rings. The molecule has 0 spiro atoms. The van der Waals surface area contributed by atoms with Crippen LogP contribution >= 0.6 is 0 Å². The van der Waals surface area contributed by atoms with Crippen LogP contribution in [0.1, 0.15) is 26.2 Å². The maximum Gasteiger partial charge on any atom is 0.222 e. The Bertz CT molecular complexity index is 295. The number of nitrogens with two attached hydrogens (primary N) is 1. The third-order valence-electron chi connectivity index (χ3n) is 2.57. The Labute approximate surface area is 83.9 Å². The number of nitrogens with zero attached hydrogens (tertiary/aromatic N) is 2. The Morgan fingerprint density at radius 1 is 1.50 bits per heavy atom. The van der Waals surface area contributed by atoms with Crippen molar-refractivity contribution in [2.45, 2.75) is 32.2 Å². The van der Waals surface area contributed by atoms with Gasteiger partial charge in [0.2, 0.25) is 5.95 Å². The monoisotopic (exact) mass is 192 g/mol. The van der Waals surface area contributed by atoms with Crippen LogP contribution in [0.3, 0.4) is 0 Å². The standard InChI is InChI=1S/C10H16N4/c1-2-3-7-4-9(7)14-10-12-5-8(11)6-13-10/h5-7,9H,2-4,11H2,1H3,(H,12,13,14). The van der Waals surface area contributed by atoms with Crippen LogP contribution in [0.2, 0.25) is 0 Å². The first-order valence-electron chi connectivity index (χ1n) is 5.13. The molecule has 1 aliphatic carbocycles. The van der Waals surface area contributed by atoms with E-state index in [0.717, 1.165) is 5.92 Å². The lowest BCUT2D eigenvalue weighted by molar-refractivity contribution is 0.691. The van der Waals surface area contributed by atoms with E-state index in [4.69, 9.17) is 5.73 Å². The van der Waals surface area contributed by atoms with Gasteiger partial charge in [-0.1, -0.05) is 13.3 Å². The Hall–Kier alpha value is -1.32. The zero-order valence-corrected chi connectivity index (χ0v) is 8.40. The number of hydrogen-bond acceptors (Lipinski definition) is 4. The molecule has 14 heavy (non-hydrogen) atoms. The van der Waals surface area contributed by atoms with E-state index in [0.29, 0.717) is 17.7 Å². The summed E-state index contributed by atoms with van der Waals surface area (Å²) in [5.74, 6) is 1.52. The van der Waals surface area contributed by atoms with Crippen LogP contribution in [0.15, 0.2) is 12.4 Å². The van der Waals surface area contributed by atoms with Gasteiger partial charge in [-0.15, -0.1) is 0 Å². The van der Waals surface area contributed by atoms with Crippen molar-refractivity contribution in [3.05, 3.63) is 12.4 Å². The van der Waals surface area contributed by atoms with Gasteiger partial charge in [-0.25, -0.2) is 9.97 Å². The molecule has 0 saturated heterocycles. The third kappa shape index (κ3) is 2.13. The molecule has 0 bridgehead atoms. The molecule has 2 atom stereocenters. The first-order chi connectivity index (χ1) is 6.79. The number of aromatic nitrogens is 2. The Balaban J connectivity index is 1.84. The molecule has 0 radical (unpaired) electrons. The van der Waals surface area contributed by atoms with Crippen molar-refractivity contribution in [1.29, 1.82) is 0 Å². The predicted molar refractivity (Wildman–Crippen MR) is 56.9 cm³/mol. The van der Waals surface area contributed by atoms with E-state index in [1.54, 1.807) is 12.4 Å². The smallest absolute Gasteiger partial charge is 0.222 e. The molecule has 4 nitrogen and oxygen atoms in total. The van der Waals surface area contributed by atoms with Gasteiger partial charge in [-0.3, -0.25) is 0 Å². The molecule has 0 amide bonds. The van der Waals surface area contributed by atoms with Gasteiger partial charge in [0.25, 0.3) is 0 Å². The molecule has 1 aromatic rings. The van der Waals surface area contributed by atoms with Crippen LogP contribution in [0.5, 0.6) is 0 Å². The molecule has 4 heteroatoms. The van der Waals surface area contributed by atoms with Gasteiger partial charge in [0.1, 0.15) is 0 Å². The Kier molecular flexibility index (Phi) is 2.52. The second-order valence-electron chi connectivity index (χ2n) is 3.88. The summed E-state index contributed by atoms with van der Waals surface area (Å²) < 4.78 is 0. The topological polar surface area (TPSA) is 63.8 Å². The molecule has 2 unspecified atom stereocenters. The maximum absolute atomic E-state index is 5.50. The van der Waals surface area contributed by atoms with Crippen molar-refractivity contribution in [1.82, 2.24) is 9.97 Å². The molecule has 0 aromatic carbocycles. The largest absolute Gasteiger partial charge is 0.396 e. The number of nitrogen functional groups attached to an aromatic ring is 1. The normalized spacial score (nSPS) is 24.6. The zero-order valence-electron chi connectivity index (χ0n) is 8.40. The molecule has 1 fully saturated rings. The molecule has 0 aliphatic heterocycles. The molecule has 2 rings (SSSR count). The lowest BCUT2D eigenvalue weighted by atomic mass is 10.2. The SMILES string of the molecule is CCCC1CC1Nc1ncc(N)cn1. The van der Waals surface area contributed by atoms with Crippen molar-refractivity contribution in [2.75, 3.05) is 11.1 Å². The molecule has 3 N–H and O–H groups in total. The highest BCUT2D eigenvalue weighted by Crippen LogP contribution is 2.36. The van der Waals surface area contributed by atoms with Gasteiger partial charge >= 0.3 is 0 Å². The summed E-state index contributed by atoms with van der Waals surface area (Å²) in [6, 6.07) is 0.582. The lowest BCUT2D eigenvalue weighted by Gasteiger charge is -2.02. The van der Waals surface area contributed by atoms with E-state index < -0.39 is 0 Å². The van der Waals surface area contributed by atoms with Gasteiger partial charge < -0.3 is 11.1 Å². The fraction of sp³-hybridized carbons (Fsp3) is 0.600. The lowest BCUT2D eigenvalue weighted by Crippen LogP contribution is -2.08. The summed E-state index contributed by atoms with van der Waals surface area (Å²) in [7, 11) is 0. The molecular weight excluding hydrogens is 176 g/mol. The second-order valence-corrected chi connectivity index (χ2v) is 3.88. The van der Waals surface area contributed by atoms with E-state index in [1.165, 1.54) is 19.3 Å². The summed E-state index contributed by atoms with van der Waals surface area (Å²) in [4.78, 5) is 8.21. The van der Waals surface area contributed by atoms with E-state index in [1.807, 2.05) is 0 Å². The highest BCUT2D eigenvalue weighted by molar-refractivity contribution is 5.37. The number of hydrogen-bond donors (Lipinski definition) is 2. The average molecular weight is 192 g/mol. The van der Waals surface area contributed by atoms with Crippen molar-refractivity contribution in [3.8, 4) is 0 Å². The van der Waals surface area contributed by atoms with Gasteiger partial charge in [-0.05, 0) is 18.8 Å². The molecule has 1 saturated carbocycles. The van der Waals surface area contributed by atoms with Crippen molar-refractivity contribution >= 4 is 11.6 Å². The third-order valence-corrected chi connectivity index (χ3v) is 2.57. The highest BCUT2D eigenvalue weighted by Gasteiger charge is 2.36. The van der Waals surface area contributed by atoms with Gasteiger partial charge in [-0.2, -0.15) is 0 Å². The Morgan fingerprint density at radius 3 is 2.86 bits per heavy atom. The first kappa shape index (κ1) is 9.24. The van der Waals surface area contributed by atoms with Gasteiger partial charge in [0.15, 0.2) is 0 Å². The van der Waals surface area contributed by atoms with Crippen LogP contribution in [-0.4, -0.2) is 16.0 Å². The summed E-state index contributed by atoms with van der Waals surface area (Å²) >= 11 is 0. The van der Waals surface area contributed by atoms with E-state index >= 15 is 0 Å². The fourth-order valence-electron chi connectivity index (χ4n) is 1.69. The zero-order chi connectivity index (χ0) is 9.97. The molecular formula is C10H16N4. The quantitative estimate of drug-likeness (QED) is 0.761. The van der Waals surface area contributed by atoms with Crippen LogP contribution < -0.4 is 11.1 Å². The Morgan fingerprint density at radius 2 is 2.21 bits per heavy atom. The average Bonchev–Trinajstić information content (AvgIpc) is 2.89. The number of nitrogens with one attached hydrogen (secondary N) is 1. The minimum absolute atomic E-state index is 0.582. The minimum atomic E-state index is 0.582. The number of anilines is 2. The van der Waals surface area contributed by atoms with Crippen molar-refractivity contribution < 1.29 is 0 Å². The first-order valence-corrected chi connectivity index (χ1v) is 5.13. The van der Waals surface area contributed by atoms with Crippen LogP contribution in [0, 0.1) is 5.92 Å². The minimum Gasteiger partial charge on any atom is -0.396 e. The van der Waals surface area contributed by atoms with Gasteiger partial charge in [0.05, 0.1) is 18.1 Å². The highest BCUT2D eigenvalue weighted by atomic mass is 15.1. The fourth-order valence-corrected chi connectivity index (χ4v) is 1.69. The van der Waals surface area contributed by atoms with E-state index in [2.05, 4.69) is 22.2 Å². The summed E-state index contributed by atoms with van der Waals surface area (Å²) in [6.45, 7) is 2.22. The van der Waals surface area contributed by atoms with Crippen molar-refractivity contribution in [3.63, 3.8) is 0 Å². The molecule has 76 valence electrons. The summed E-state index contributed by atoms with van der Waals surface area (Å²) in [6.07, 6.45) is 7.07.